The first-order valence-corrected chi connectivity index (χ1v) is 11.6. The van der Waals surface area contributed by atoms with E-state index in [1.165, 1.54) is 12.1 Å². The van der Waals surface area contributed by atoms with Crippen LogP contribution in [0, 0.1) is 11.3 Å². The maximum absolute atomic E-state index is 12.7. The summed E-state index contributed by atoms with van der Waals surface area (Å²) in [4.78, 5) is 14.3. The molecule has 7 nitrogen and oxygen atoms in total. The van der Waals surface area contributed by atoms with Gasteiger partial charge in [0.15, 0.2) is 0 Å². The van der Waals surface area contributed by atoms with E-state index in [-0.39, 0.29) is 23.1 Å². The molecule has 1 aliphatic rings. The summed E-state index contributed by atoms with van der Waals surface area (Å²) in [7, 11) is -3.80. The highest BCUT2D eigenvalue weighted by Gasteiger charge is 2.32. The molecule has 1 saturated heterocycles. The van der Waals surface area contributed by atoms with E-state index in [4.69, 9.17) is 21.5 Å². The number of nitrogens with zero attached hydrogens (tertiary/aromatic N) is 2. The molecule has 1 atom stereocenters. The average molecular weight is 468 g/mol. The molecule has 0 aliphatic carbocycles. The van der Waals surface area contributed by atoms with E-state index in [2.05, 4.69) is 6.07 Å². The molecule has 3 aromatic carbocycles. The average Bonchev–Trinajstić information content (AvgIpc) is 3.15. The number of rotatable bonds is 5. The Labute approximate surface area is 190 Å². The maximum atomic E-state index is 12.7. The van der Waals surface area contributed by atoms with Gasteiger partial charge < -0.3 is 9.64 Å². The lowest BCUT2D eigenvalue weighted by molar-refractivity contribution is -0.117. The summed E-state index contributed by atoms with van der Waals surface area (Å²) in [5.41, 5.74) is 1.82. The van der Waals surface area contributed by atoms with Crippen molar-refractivity contribution >= 4 is 33.2 Å². The third-order valence-corrected chi connectivity index (χ3v) is 6.39. The van der Waals surface area contributed by atoms with Crippen molar-refractivity contribution in [1.29, 1.82) is 5.26 Å². The standard InChI is InChI=1S/C23H18ClN3O4S/c24-18-2-1-3-20(12-18)31-22-10-15(4-5-16(22)13-25)17-11-23(28)27(14-17)19-6-8-21(9-7-19)32(26,29)30/h1-10,12,17H,11,14H2,(H2,26,29,30)/t17-/m0/s1. The van der Waals surface area contributed by atoms with Gasteiger partial charge in [0.25, 0.3) is 0 Å². The van der Waals surface area contributed by atoms with Crippen LogP contribution in [0.4, 0.5) is 5.69 Å². The van der Waals surface area contributed by atoms with Gasteiger partial charge in [0.05, 0.1) is 10.5 Å². The van der Waals surface area contributed by atoms with Gasteiger partial charge in [-0.2, -0.15) is 5.26 Å². The highest BCUT2D eigenvalue weighted by Crippen LogP contribution is 2.36. The number of primary sulfonamides is 1. The Morgan fingerprint density at radius 3 is 2.50 bits per heavy atom. The number of halogens is 1. The second-order valence-corrected chi connectivity index (χ2v) is 9.37. The van der Waals surface area contributed by atoms with Crippen LogP contribution >= 0.6 is 11.6 Å². The van der Waals surface area contributed by atoms with Gasteiger partial charge >= 0.3 is 0 Å². The highest BCUT2D eigenvalue weighted by atomic mass is 35.5. The number of carbonyl (C=O) groups excluding carboxylic acids is 1. The largest absolute Gasteiger partial charge is 0.456 e. The van der Waals surface area contributed by atoms with Crippen molar-refractivity contribution in [2.24, 2.45) is 5.14 Å². The molecule has 3 aromatic rings. The number of carbonyl (C=O) groups is 1. The van der Waals surface area contributed by atoms with Crippen LogP contribution in [-0.2, 0) is 14.8 Å². The van der Waals surface area contributed by atoms with Gasteiger partial charge in [-0.15, -0.1) is 0 Å². The Kier molecular flexibility index (Phi) is 5.89. The molecule has 1 aliphatic heterocycles. The lowest BCUT2D eigenvalue weighted by Gasteiger charge is -2.18. The van der Waals surface area contributed by atoms with E-state index in [1.807, 2.05) is 6.07 Å². The topological polar surface area (TPSA) is 113 Å². The summed E-state index contributed by atoms with van der Waals surface area (Å²) in [5.74, 6) is 0.691. The molecule has 4 rings (SSSR count). The summed E-state index contributed by atoms with van der Waals surface area (Å²) >= 11 is 6.02. The van der Waals surface area contributed by atoms with Gasteiger partial charge in [-0.3, -0.25) is 4.79 Å². The number of sulfonamides is 1. The monoisotopic (exact) mass is 467 g/mol. The summed E-state index contributed by atoms with van der Waals surface area (Å²) in [6, 6.07) is 20.1. The van der Waals surface area contributed by atoms with Crippen molar-refractivity contribution in [3.05, 3.63) is 82.9 Å². The molecule has 1 amide bonds. The van der Waals surface area contributed by atoms with E-state index < -0.39 is 10.0 Å². The summed E-state index contributed by atoms with van der Waals surface area (Å²) in [5, 5.41) is 15.1. The number of hydrogen-bond acceptors (Lipinski definition) is 5. The lowest BCUT2D eigenvalue weighted by Crippen LogP contribution is -2.24. The van der Waals surface area contributed by atoms with Gasteiger partial charge in [-0.05, 0) is 60.2 Å². The van der Waals surface area contributed by atoms with Crippen molar-refractivity contribution in [2.75, 3.05) is 11.4 Å². The van der Waals surface area contributed by atoms with E-state index in [1.54, 1.807) is 53.4 Å². The molecule has 0 aromatic heterocycles. The van der Waals surface area contributed by atoms with Crippen molar-refractivity contribution in [3.8, 4) is 17.6 Å². The van der Waals surface area contributed by atoms with Gasteiger partial charge in [-0.1, -0.05) is 23.7 Å². The van der Waals surface area contributed by atoms with Crippen LogP contribution in [0.1, 0.15) is 23.5 Å². The predicted octanol–water partition coefficient (Wildman–Crippen LogP) is 4.17. The van der Waals surface area contributed by atoms with Crippen molar-refractivity contribution in [3.63, 3.8) is 0 Å². The number of nitriles is 1. The molecule has 0 unspecified atom stereocenters. The molecule has 0 spiro atoms. The molecular formula is C23H18ClN3O4S. The van der Waals surface area contributed by atoms with Crippen molar-refractivity contribution in [2.45, 2.75) is 17.2 Å². The van der Waals surface area contributed by atoms with E-state index in [0.29, 0.717) is 34.3 Å². The van der Waals surface area contributed by atoms with E-state index >= 15 is 0 Å². The predicted molar refractivity (Wildman–Crippen MR) is 120 cm³/mol. The van der Waals surface area contributed by atoms with Crippen molar-refractivity contribution < 1.29 is 17.9 Å². The molecule has 0 radical (unpaired) electrons. The maximum Gasteiger partial charge on any atom is 0.238 e. The normalized spacial score (nSPS) is 16.1. The Morgan fingerprint density at radius 2 is 1.84 bits per heavy atom. The van der Waals surface area contributed by atoms with Gasteiger partial charge in [0, 0.05) is 29.6 Å². The quantitative estimate of drug-likeness (QED) is 0.604. The summed E-state index contributed by atoms with van der Waals surface area (Å²) < 4.78 is 28.8. The smallest absolute Gasteiger partial charge is 0.238 e. The Balaban J connectivity index is 1.58. The van der Waals surface area contributed by atoms with E-state index in [9.17, 15) is 18.5 Å². The van der Waals surface area contributed by atoms with Gasteiger partial charge in [-0.25, -0.2) is 13.6 Å². The van der Waals surface area contributed by atoms with Crippen LogP contribution in [0.2, 0.25) is 5.02 Å². The molecule has 0 bridgehead atoms. The number of anilines is 1. The third-order valence-electron chi connectivity index (χ3n) is 5.22. The lowest BCUT2D eigenvalue weighted by atomic mass is 9.96. The minimum absolute atomic E-state index is 0.0145. The fraction of sp³-hybridized carbons (Fsp3) is 0.130. The highest BCUT2D eigenvalue weighted by molar-refractivity contribution is 7.89. The first-order valence-electron chi connectivity index (χ1n) is 9.65. The van der Waals surface area contributed by atoms with Gasteiger partial charge in [0.1, 0.15) is 17.6 Å². The van der Waals surface area contributed by atoms with E-state index in [0.717, 1.165) is 5.56 Å². The molecule has 162 valence electrons. The second kappa shape index (κ2) is 8.63. The molecule has 9 heteroatoms. The minimum atomic E-state index is -3.80. The number of benzene rings is 3. The summed E-state index contributed by atoms with van der Waals surface area (Å²) in [6.45, 7) is 0.413. The SMILES string of the molecule is N#Cc1ccc([C@H]2CC(=O)N(c3ccc(S(N)(=O)=O)cc3)C2)cc1Oc1cccc(Cl)c1. The number of ether oxygens (including phenoxy) is 1. The zero-order valence-corrected chi connectivity index (χ0v) is 18.3. The first kappa shape index (κ1) is 21.8. The molecule has 1 heterocycles. The fourth-order valence-corrected chi connectivity index (χ4v) is 4.32. The molecule has 0 saturated carbocycles. The second-order valence-electron chi connectivity index (χ2n) is 7.37. The Morgan fingerprint density at radius 1 is 1.09 bits per heavy atom. The van der Waals surface area contributed by atoms with Crippen LogP contribution in [0.5, 0.6) is 11.5 Å². The minimum Gasteiger partial charge on any atom is -0.456 e. The van der Waals surface area contributed by atoms with Crippen molar-refractivity contribution in [1.82, 2.24) is 0 Å². The summed E-state index contributed by atoms with van der Waals surface area (Å²) in [6.07, 6.45) is 0.277. The number of amides is 1. The van der Waals surface area contributed by atoms with Crippen LogP contribution in [-0.4, -0.2) is 20.9 Å². The molecule has 32 heavy (non-hydrogen) atoms. The third kappa shape index (κ3) is 4.60. The fourth-order valence-electron chi connectivity index (χ4n) is 3.62. The molecular weight excluding hydrogens is 450 g/mol. The number of hydrogen-bond donors (Lipinski definition) is 1. The zero-order valence-electron chi connectivity index (χ0n) is 16.7. The van der Waals surface area contributed by atoms with Crippen LogP contribution in [0.25, 0.3) is 0 Å². The Hall–Kier alpha value is -3.38. The number of nitrogens with two attached hydrogens (primary N) is 1. The first-order chi connectivity index (χ1) is 15.2. The molecule has 1 fully saturated rings. The Bertz CT molecular complexity index is 1330. The molecule has 2 N–H and O–H groups in total. The van der Waals surface area contributed by atoms with Crippen LogP contribution in [0.3, 0.4) is 0 Å². The van der Waals surface area contributed by atoms with Crippen LogP contribution < -0.4 is 14.8 Å². The zero-order chi connectivity index (χ0) is 22.9. The van der Waals surface area contributed by atoms with Gasteiger partial charge in [0.2, 0.25) is 15.9 Å². The van der Waals surface area contributed by atoms with Crippen LogP contribution in [0.15, 0.2) is 71.6 Å².